The van der Waals surface area contributed by atoms with Crippen LogP contribution in [0.3, 0.4) is 0 Å². The summed E-state index contributed by atoms with van der Waals surface area (Å²) in [5.74, 6) is -0.0531. The first-order valence-corrected chi connectivity index (χ1v) is 32.0. The molecule has 0 saturated carbocycles. The maximum atomic E-state index is 12.5. The smallest absolute Gasteiger partial charge is 0.305 e. The molecule has 6 heteroatoms. The highest BCUT2D eigenvalue weighted by Gasteiger charge is 2.18. The average molecular weight is 989 g/mol. The van der Waals surface area contributed by atoms with Crippen LogP contribution in [0.25, 0.3) is 0 Å². The highest BCUT2D eigenvalue weighted by atomic mass is 16.5. The van der Waals surface area contributed by atoms with Gasteiger partial charge in [-0.2, -0.15) is 0 Å². The van der Waals surface area contributed by atoms with E-state index >= 15 is 0 Å². The van der Waals surface area contributed by atoms with Gasteiger partial charge in [0, 0.05) is 12.8 Å². The minimum absolute atomic E-state index is 0.0119. The number of carbonyl (C=O) groups is 2. The predicted octanol–water partition coefficient (Wildman–Crippen LogP) is 20.0. The number of aliphatic hydroxyl groups is 2. The maximum Gasteiger partial charge on any atom is 0.305 e. The fourth-order valence-corrected chi connectivity index (χ4v) is 10.2. The van der Waals surface area contributed by atoms with Crippen LogP contribution in [0.4, 0.5) is 0 Å². The van der Waals surface area contributed by atoms with Crippen molar-refractivity contribution in [2.45, 2.75) is 373 Å². The lowest BCUT2D eigenvalue weighted by Crippen LogP contribution is -2.45. The first-order valence-electron chi connectivity index (χ1n) is 32.0. The van der Waals surface area contributed by atoms with Gasteiger partial charge in [0.2, 0.25) is 5.91 Å². The van der Waals surface area contributed by atoms with Gasteiger partial charge in [-0.3, -0.25) is 9.59 Å². The highest BCUT2D eigenvalue weighted by Crippen LogP contribution is 2.18. The van der Waals surface area contributed by atoms with Crippen molar-refractivity contribution in [3.63, 3.8) is 0 Å². The first kappa shape index (κ1) is 68.6. The molecule has 0 fully saturated rings. The fraction of sp³-hybridized carbons (Fsp3) is 0.938. The molecule has 2 unspecified atom stereocenters. The van der Waals surface area contributed by atoms with Crippen molar-refractivity contribution in [2.75, 3.05) is 13.2 Å². The third-order valence-electron chi connectivity index (χ3n) is 15.1. The molecule has 0 aromatic carbocycles. The van der Waals surface area contributed by atoms with Crippen LogP contribution in [0.15, 0.2) is 12.2 Å². The SMILES string of the molecule is CCCCCCCCCCCCCCCCCCCCC/C=C/C(O)C(CO)NC(=O)CCCCCCCCCCCCCCCCCCCCCCCOC(=O)CCCCCCCCCCCCC. The molecule has 0 aromatic heterocycles. The Bertz CT molecular complexity index is 1050. The first-order chi connectivity index (χ1) is 34.5. The minimum Gasteiger partial charge on any atom is -0.466 e. The normalized spacial score (nSPS) is 12.6. The van der Waals surface area contributed by atoms with Gasteiger partial charge in [0.1, 0.15) is 0 Å². The van der Waals surface area contributed by atoms with Gasteiger partial charge in [0.05, 0.1) is 25.4 Å². The molecule has 2 atom stereocenters. The molecular formula is C64H125NO5. The molecule has 0 heterocycles. The third-order valence-corrected chi connectivity index (χ3v) is 15.1. The van der Waals surface area contributed by atoms with Crippen LogP contribution in [0.1, 0.15) is 361 Å². The summed E-state index contributed by atoms with van der Waals surface area (Å²) in [6.07, 6.45) is 72.6. The van der Waals surface area contributed by atoms with E-state index in [-0.39, 0.29) is 18.5 Å². The number of amides is 1. The quantitative estimate of drug-likeness (QED) is 0.0321. The Morgan fingerprint density at radius 1 is 0.386 bits per heavy atom. The van der Waals surface area contributed by atoms with Crippen LogP contribution in [0.2, 0.25) is 0 Å². The van der Waals surface area contributed by atoms with E-state index in [1.165, 1.54) is 295 Å². The van der Waals surface area contributed by atoms with Gasteiger partial charge in [-0.15, -0.1) is 0 Å². The van der Waals surface area contributed by atoms with Crippen molar-refractivity contribution in [3.8, 4) is 0 Å². The lowest BCUT2D eigenvalue weighted by atomic mass is 10.0. The van der Waals surface area contributed by atoms with Crippen LogP contribution < -0.4 is 5.32 Å². The molecular weight excluding hydrogens is 863 g/mol. The fourth-order valence-electron chi connectivity index (χ4n) is 10.2. The number of carbonyl (C=O) groups excluding carboxylic acids is 2. The molecule has 0 aliphatic rings. The van der Waals surface area contributed by atoms with Gasteiger partial charge < -0.3 is 20.3 Å². The molecule has 1 amide bonds. The number of rotatable bonds is 60. The van der Waals surface area contributed by atoms with Crippen LogP contribution >= 0.6 is 0 Å². The number of allylic oxidation sites excluding steroid dienone is 1. The number of nitrogens with one attached hydrogen (secondary N) is 1. The number of ether oxygens (including phenoxy) is 1. The summed E-state index contributed by atoms with van der Waals surface area (Å²) in [4.78, 5) is 24.5. The molecule has 0 aliphatic carbocycles. The number of aliphatic hydroxyl groups excluding tert-OH is 2. The van der Waals surface area contributed by atoms with E-state index in [4.69, 9.17) is 4.74 Å². The molecule has 3 N–H and O–H groups in total. The van der Waals surface area contributed by atoms with Gasteiger partial charge in [-0.1, -0.05) is 328 Å². The molecule has 0 saturated heterocycles. The van der Waals surface area contributed by atoms with Gasteiger partial charge in [-0.25, -0.2) is 0 Å². The van der Waals surface area contributed by atoms with E-state index in [9.17, 15) is 19.8 Å². The summed E-state index contributed by atoms with van der Waals surface area (Å²) in [7, 11) is 0. The molecule has 0 radical (unpaired) electrons. The second-order valence-corrected chi connectivity index (χ2v) is 22.1. The molecule has 0 aromatic rings. The van der Waals surface area contributed by atoms with Crippen LogP contribution in [-0.2, 0) is 14.3 Å². The molecule has 6 nitrogen and oxygen atoms in total. The summed E-state index contributed by atoms with van der Waals surface area (Å²) in [5, 5.41) is 23.2. The topological polar surface area (TPSA) is 95.9 Å². The second-order valence-electron chi connectivity index (χ2n) is 22.1. The average Bonchev–Trinajstić information content (AvgIpc) is 3.36. The van der Waals surface area contributed by atoms with Gasteiger partial charge in [-0.05, 0) is 32.1 Å². The molecule has 70 heavy (non-hydrogen) atoms. The second kappa shape index (κ2) is 60.2. The Labute approximate surface area is 438 Å². The number of hydrogen-bond donors (Lipinski definition) is 3. The van der Waals surface area contributed by atoms with Gasteiger partial charge in [0.15, 0.2) is 0 Å². The van der Waals surface area contributed by atoms with Crippen molar-refractivity contribution < 1.29 is 24.5 Å². The lowest BCUT2D eigenvalue weighted by Gasteiger charge is -2.20. The lowest BCUT2D eigenvalue weighted by molar-refractivity contribution is -0.143. The van der Waals surface area contributed by atoms with E-state index in [1.807, 2.05) is 6.08 Å². The summed E-state index contributed by atoms with van der Waals surface area (Å²) in [5.41, 5.74) is 0. The van der Waals surface area contributed by atoms with Crippen molar-refractivity contribution in [1.29, 1.82) is 0 Å². The molecule has 0 aliphatic heterocycles. The van der Waals surface area contributed by atoms with Crippen molar-refractivity contribution in [3.05, 3.63) is 12.2 Å². The summed E-state index contributed by atoms with van der Waals surface area (Å²) in [6.45, 7) is 4.93. The van der Waals surface area contributed by atoms with E-state index in [0.717, 1.165) is 38.5 Å². The monoisotopic (exact) mass is 988 g/mol. The Balaban J connectivity index is 3.42. The Morgan fingerprint density at radius 3 is 0.971 bits per heavy atom. The van der Waals surface area contributed by atoms with Crippen molar-refractivity contribution in [2.24, 2.45) is 0 Å². The molecule has 416 valence electrons. The largest absolute Gasteiger partial charge is 0.466 e. The van der Waals surface area contributed by atoms with E-state index in [1.54, 1.807) is 6.08 Å². The zero-order chi connectivity index (χ0) is 50.7. The van der Waals surface area contributed by atoms with E-state index < -0.39 is 12.1 Å². The molecule has 0 rings (SSSR count). The Hall–Kier alpha value is -1.40. The van der Waals surface area contributed by atoms with Crippen molar-refractivity contribution >= 4 is 11.9 Å². The molecule has 0 spiro atoms. The number of esters is 1. The molecule has 0 bridgehead atoms. The van der Waals surface area contributed by atoms with Crippen LogP contribution in [-0.4, -0.2) is 47.4 Å². The maximum absolute atomic E-state index is 12.5. The Kier molecular flexibility index (Phi) is 59.0. The minimum atomic E-state index is -0.845. The number of unbranched alkanes of at least 4 members (excludes halogenated alkanes) is 49. The van der Waals surface area contributed by atoms with Gasteiger partial charge in [0.25, 0.3) is 0 Å². The van der Waals surface area contributed by atoms with Crippen molar-refractivity contribution in [1.82, 2.24) is 5.32 Å². The van der Waals surface area contributed by atoms with Crippen LogP contribution in [0.5, 0.6) is 0 Å². The standard InChI is InChI=1S/C64H125NO5/c1-3-5-7-9-11-13-15-16-17-18-19-21-24-27-30-33-37-40-44-48-52-56-62(67)61(60-66)65-63(68)57-53-49-45-41-38-34-31-28-25-22-20-23-26-29-32-35-39-43-47-51-55-59-70-64(69)58-54-50-46-42-36-14-12-10-8-6-4-2/h52,56,61-62,66-67H,3-51,53-55,57-60H2,1-2H3,(H,65,68)/b56-52+. The van der Waals surface area contributed by atoms with Crippen LogP contribution in [0, 0.1) is 0 Å². The van der Waals surface area contributed by atoms with E-state index in [2.05, 4.69) is 19.2 Å². The summed E-state index contributed by atoms with van der Waals surface area (Å²) in [6, 6.07) is -0.628. The van der Waals surface area contributed by atoms with E-state index in [0.29, 0.717) is 19.4 Å². The highest BCUT2D eigenvalue weighted by molar-refractivity contribution is 5.76. The predicted molar refractivity (Wildman–Crippen MR) is 306 cm³/mol. The van der Waals surface area contributed by atoms with Gasteiger partial charge >= 0.3 is 5.97 Å². The third kappa shape index (κ3) is 55.9. The zero-order valence-corrected chi connectivity index (χ0v) is 47.5. The zero-order valence-electron chi connectivity index (χ0n) is 47.5. The summed E-state index contributed by atoms with van der Waals surface area (Å²) >= 11 is 0. The summed E-state index contributed by atoms with van der Waals surface area (Å²) < 4.78 is 5.47. The number of hydrogen-bond acceptors (Lipinski definition) is 5. The Morgan fingerprint density at radius 2 is 0.657 bits per heavy atom.